The molecule has 108 valence electrons. The molecule has 21 heavy (non-hydrogen) atoms. The molecule has 0 unspecified atom stereocenters. The fraction of sp³-hybridized carbons (Fsp3) is 0.0714. The Kier molecular flexibility index (Phi) is 4.49. The van der Waals surface area contributed by atoms with Crippen molar-refractivity contribution in [3.63, 3.8) is 0 Å². The predicted octanol–water partition coefficient (Wildman–Crippen LogP) is 3.74. The molecule has 0 radical (unpaired) electrons. The molecule has 0 fully saturated rings. The highest BCUT2D eigenvalue weighted by Gasteiger charge is 2.14. The van der Waals surface area contributed by atoms with Crippen molar-refractivity contribution in [2.75, 3.05) is 0 Å². The maximum Gasteiger partial charge on any atom is 0.338 e. The summed E-state index contributed by atoms with van der Waals surface area (Å²) in [7, 11) is 0. The van der Waals surface area contributed by atoms with Crippen LogP contribution in [0.5, 0.6) is 0 Å². The lowest BCUT2D eigenvalue weighted by Crippen LogP contribution is -2.07. The number of non-ortho nitro benzene ring substituents is 1. The van der Waals surface area contributed by atoms with E-state index in [9.17, 15) is 19.3 Å². The number of nitrogens with zero attached hydrogens (tertiary/aromatic N) is 1. The second kappa shape index (κ2) is 6.32. The molecule has 0 bridgehead atoms. The molecule has 7 heteroatoms. The third-order valence-electron chi connectivity index (χ3n) is 2.70. The van der Waals surface area contributed by atoms with Gasteiger partial charge in [-0.25, -0.2) is 9.18 Å². The van der Waals surface area contributed by atoms with E-state index in [1.54, 1.807) is 0 Å². The van der Waals surface area contributed by atoms with Gasteiger partial charge in [-0.1, -0.05) is 23.7 Å². The normalized spacial score (nSPS) is 10.2. The zero-order chi connectivity index (χ0) is 15.4. The van der Waals surface area contributed by atoms with Crippen LogP contribution in [0.4, 0.5) is 10.1 Å². The van der Waals surface area contributed by atoms with Crippen molar-refractivity contribution in [3.05, 3.63) is 74.5 Å². The average Bonchev–Trinajstić information content (AvgIpc) is 2.46. The summed E-state index contributed by atoms with van der Waals surface area (Å²) in [6.07, 6.45) is 0. The van der Waals surface area contributed by atoms with Gasteiger partial charge in [-0.15, -0.1) is 0 Å². The number of carbonyl (C=O) groups excluding carboxylic acids is 1. The first-order valence-corrected chi connectivity index (χ1v) is 6.21. The Morgan fingerprint density at radius 1 is 1.29 bits per heavy atom. The molecule has 0 atom stereocenters. The molecular weight excluding hydrogens is 301 g/mol. The summed E-state index contributed by atoms with van der Waals surface area (Å²) in [4.78, 5) is 21.8. The van der Waals surface area contributed by atoms with Crippen LogP contribution in [0.15, 0.2) is 42.5 Å². The number of nitro groups is 1. The van der Waals surface area contributed by atoms with Gasteiger partial charge in [0, 0.05) is 17.7 Å². The first-order valence-electron chi connectivity index (χ1n) is 5.83. The molecule has 2 rings (SSSR count). The highest BCUT2D eigenvalue weighted by molar-refractivity contribution is 6.31. The maximum atomic E-state index is 13.5. The number of rotatable bonds is 4. The van der Waals surface area contributed by atoms with Gasteiger partial charge in [-0.05, 0) is 18.2 Å². The Bertz CT molecular complexity index is 685. The highest BCUT2D eigenvalue weighted by atomic mass is 35.5. The molecule has 0 N–H and O–H groups in total. The largest absolute Gasteiger partial charge is 0.457 e. The van der Waals surface area contributed by atoms with E-state index < -0.39 is 16.7 Å². The summed E-state index contributed by atoms with van der Waals surface area (Å²) >= 11 is 5.81. The van der Waals surface area contributed by atoms with Crippen molar-refractivity contribution in [3.8, 4) is 0 Å². The monoisotopic (exact) mass is 309 g/mol. The Hall–Kier alpha value is -2.47. The summed E-state index contributed by atoms with van der Waals surface area (Å²) in [6.45, 7) is -0.354. The van der Waals surface area contributed by atoms with Crippen molar-refractivity contribution in [2.24, 2.45) is 0 Å². The van der Waals surface area contributed by atoms with Gasteiger partial charge in [0.2, 0.25) is 0 Å². The van der Waals surface area contributed by atoms with Gasteiger partial charge in [0.1, 0.15) is 12.4 Å². The smallest absolute Gasteiger partial charge is 0.338 e. The zero-order valence-electron chi connectivity index (χ0n) is 10.6. The molecule has 0 amide bonds. The number of hydrogen-bond acceptors (Lipinski definition) is 4. The third kappa shape index (κ3) is 3.55. The Balaban J connectivity index is 2.12. The second-order valence-electron chi connectivity index (χ2n) is 4.08. The van der Waals surface area contributed by atoms with Gasteiger partial charge in [0.05, 0.1) is 15.5 Å². The van der Waals surface area contributed by atoms with Crippen LogP contribution >= 0.6 is 11.6 Å². The molecule has 2 aromatic rings. The van der Waals surface area contributed by atoms with Gasteiger partial charge in [-0.3, -0.25) is 10.1 Å². The third-order valence-corrected chi connectivity index (χ3v) is 3.06. The van der Waals surface area contributed by atoms with Gasteiger partial charge in [0.15, 0.2) is 0 Å². The van der Waals surface area contributed by atoms with Crippen molar-refractivity contribution in [1.82, 2.24) is 0 Å². The van der Waals surface area contributed by atoms with Crippen LogP contribution in [0.2, 0.25) is 5.02 Å². The van der Waals surface area contributed by atoms with Gasteiger partial charge in [0.25, 0.3) is 5.69 Å². The Morgan fingerprint density at radius 3 is 2.67 bits per heavy atom. The van der Waals surface area contributed by atoms with Crippen LogP contribution in [0.1, 0.15) is 15.9 Å². The lowest BCUT2D eigenvalue weighted by atomic mass is 10.2. The van der Waals surface area contributed by atoms with E-state index in [0.717, 1.165) is 6.07 Å². The van der Waals surface area contributed by atoms with Crippen LogP contribution in [-0.4, -0.2) is 10.9 Å². The number of hydrogen-bond donors (Lipinski definition) is 0. The van der Waals surface area contributed by atoms with Crippen molar-refractivity contribution in [2.45, 2.75) is 6.61 Å². The molecular formula is C14H9ClFNO4. The van der Waals surface area contributed by atoms with Gasteiger partial charge >= 0.3 is 5.97 Å². The molecule has 0 aliphatic carbocycles. The van der Waals surface area contributed by atoms with Crippen LogP contribution in [0.3, 0.4) is 0 Å². The highest BCUT2D eigenvalue weighted by Crippen LogP contribution is 2.21. The molecule has 2 aromatic carbocycles. The summed E-state index contributed by atoms with van der Waals surface area (Å²) in [5.74, 6) is -1.38. The summed E-state index contributed by atoms with van der Waals surface area (Å²) in [5, 5.41) is 10.8. The number of halogens is 2. The van der Waals surface area contributed by atoms with Crippen LogP contribution in [0.25, 0.3) is 0 Å². The first kappa shape index (κ1) is 14.9. The average molecular weight is 310 g/mol. The second-order valence-corrected chi connectivity index (χ2v) is 4.49. The topological polar surface area (TPSA) is 69.4 Å². The minimum Gasteiger partial charge on any atom is -0.457 e. The van der Waals surface area contributed by atoms with Crippen molar-refractivity contribution < 1.29 is 18.8 Å². The molecule has 0 aliphatic rings. The van der Waals surface area contributed by atoms with Crippen LogP contribution in [0, 0.1) is 15.9 Å². The Morgan fingerprint density at radius 2 is 2.00 bits per heavy atom. The minimum absolute atomic E-state index is 0.0108. The molecule has 5 nitrogen and oxygen atoms in total. The van der Waals surface area contributed by atoms with E-state index >= 15 is 0 Å². The van der Waals surface area contributed by atoms with E-state index in [1.165, 1.54) is 36.4 Å². The zero-order valence-corrected chi connectivity index (χ0v) is 11.3. The van der Waals surface area contributed by atoms with Crippen molar-refractivity contribution >= 4 is 23.3 Å². The molecule has 0 spiro atoms. The van der Waals surface area contributed by atoms with Crippen LogP contribution < -0.4 is 0 Å². The maximum absolute atomic E-state index is 13.5. The molecule has 0 heterocycles. The molecule has 0 aliphatic heterocycles. The SMILES string of the molecule is O=C(OCc1c(F)cccc1Cl)c1cccc([N+](=O)[O-])c1. The lowest BCUT2D eigenvalue weighted by molar-refractivity contribution is -0.384. The molecule has 0 aromatic heterocycles. The standard InChI is InChI=1S/C14H9ClFNO4/c15-12-5-2-6-13(16)11(12)8-21-14(18)9-3-1-4-10(7-9)17(19)20/h1-7H,8H2. The molecule has 0 saturated heterocycles. The van der Waals surface area contributed by atoms with Crippen LogP contribution in [-0.2, 0) is 11.3 Å². The number of nitro benzene ring substituents is 1. The van der Waals surface area contributed by atoms with E-state index in [1.807, 2.05) is 0 Å². The fourth-order valence-corrected chi connectivity index (χ4v) is 1.86. The summed E-state index contributed by atoms with van der Waals surface area (Å²) < 4.78 is 18.4. The predicted molar refractivity (Wildman–Crippen MR) is 73.6 cm³/mol. The number of benzene rings is 2. The Labute approximate surface area is 124 Å². The number of esters is 1. The summed E-state index contributed by atoms with van der Waals surface area (Å²) in [6, 6.07) is 9.19. The van der Waals surface area contributed by atoms with E-state index in [2.05, 4.69) is 0 Å². The summed E-state index contributed by atoms with van der Waals surface area (Å²) in [5.41, 5.74) is -0.164. The number of carbonyl (C=O) groups is 1. The minimum atomic E-state index is -0.794. The number of ether oxygens (including phenoxy) is 1. The fourth-order valence-electron chi connectivity index (χ4n) is 1.64. The van der Waals surface area contributed by atoms with Crippen molar-refractivity contribution in [1.29, 1.82) is 0 Å². The molecule has 0 saturated carbocycles. The van der Waals surface area contributed by atoms with Gasteiger partial charge in [-0.2, -0.15) is 0 Å². The van der Waals surface area contributed by atoms with Gasteiger partial charge < -0.3 is 4.74 Å². The quantitative estimate of drug-likeness (QED) is 0.490. The van der Waals surface area contributed by atoms with E-state index in [4.69, 9.17) is 16.3 Å². The first-order chi connectivity index (χ1) is 9.99. The lowest BCUT2D eigenvalue weighted by Gasteiger charge is -2.07. The van der Waals surface area contributed by atoms with E-state index in [0.29, 0.717) is 0 Å². The van der Waals surface area contributed by atoms with E-state index in [-0.39, 0.29) is 28.4 Å².